The number of carbonyl (C=O) groups excluding carboxylic acids is 1. The molecule has 1 heterocycles. The third-order valence-electron chi connectivity index (χ3n) is 3.14. The summed E-state index contributed by atoms with van der Waals surface area (Å²) in [6.07, 6.45) is 3.85. The van der Waals surface area contributed by atoms with Gasteiger partial charge in [-0.15, -0.1) is 0 Å². The van der Waals surface area contributed by atoms with E-state index in [4.69, 9.17) is 17.3 Å². The second-order valence-electron chi connectivity index (χ2n) is 5.08. The summed E-state index contributed by atoms with van der Waals surface area (Å²) in [6.45, 7) is 4.83. The van der Waals surface area contributed by atoms with Crippen LogP contribution < -0.4 is 5.73 Å². The molecule has 1 aliphatic carbocycles. The molecule has 0 aromatic carbocycles. The Morgan fingerprint density at radius 3 is 2.83 bits per heavy atom. The van der Waals surface area contributed by atoms with Crippen molar-refractivity contribution in [2.24, 2.45) is 5.92 Å². The fourth-order valence-electron chi connectivity index (χ4n) is 1.88. The van der Waals surface area contributed by atoms with Gasteiger partial charge in [0.15, 0.2) is 0 Å². The molecule has 2 N–H and O–H groups in total. The summed E-state index contributed by atoms with van der Waals surface area (Å²) >= 11 is 6.03. The van der Waals surface area contributed by atoms with Gasteiger partial charge in [0, 0.05) is 18.8 Å². The first-order valence-corrected chi connectivity index (χ1v) is 6.59. The Morgan fingerprint density at radius 2 is 2.28 bits per heavy atom. The van der Waals surface area contributed by atoms with E-state index < -0.39 is 0 Å². The van der Waals surface area contributed by atoms with Crippen molar-refractivity contribution in [2.75, 3.05) is 12.3 Å². The minimum atomic E-state index is -0.0593. The summed E-state index contributed by atoms with van der Waals surface area (Å²) < 4.78 is 0. The van der Waals surface area contributed by atoms with Gasteiger partial charge < -0.3 is 10.6 Å². The molecule has 1 aromatic rings. The molecule has 5 heteroatoms. The van der Waals surface area contributed by atoms with Gasteiger partial charge in [-0.1, -0.05) is 11.6 Å². The summed E-state index contributed by atoms with van der Waals surface area (Å²) in [5.41, 5.74) is 6.06. The van der Waals surface area contributed by atoms with E-state index in [1.807, 2.05) is 18.7 Å². The molecule has 18 heavy (non-hydrogen) atoms. The topological polar surface area (TPSA) is 59.2 Å². The van der Waals surface area contributed by atoms with Crippen LogP contribution in [-0.4, -0.2) is 28.4 Å². The first kappa shape index (κ1) is 13.1. The van der Waals surface area contributed by atoms with Crippen molar-refractivity contribution in [3.8, 4) is 0 Å². The molecule has 0 radical (unpaired) electrons. The minimum Gasteiger partial charge on any atom is -0.384 e. The van der Waals surface area contributed by atoms with E-state index in [0.29, 0.717) is 22.3 Å². The summed E-state index contributed by atoms with van der Waals surface area (Å²) in [4.78, 5) is 18.2. The zero-order valence-electron chi connectivity index (χ0n) is 10.7. The molecule has 1 amide bonds. The van der Waals surface area contributed by atoms with Gasteiger partial charge in [0.2, 0.25) is 0 Å². The van der Waals surface area contributed by atoms with Gasteiger partial charge in [0.25, 0.3) is 5.91 Å². The largest absolute Gasteiger partial charge is 0.384 e. The Morgan fingerprint density at radius 1 is 1.61 bits per heavy atom. The molecule has 0 unspecified atom stereocenters. The Hall–Kier alpha value is -1.29. The van der Waals surface area contributed by atoms with Gasteiger partial charge in [-0.25, -0.2) is 4.98 Å². The van der Waals surface area contributed by atoms with Gasteiger partial charge in [0.05, 0.1) is 10.6 Å². The monoisotopic (exact) mass is 267 g/mol. The van der Waals surface area contributed by atoms with Crippen LogP contribution in [0.3, 0.4) is 0 Å². The van der Waals surface area contributed by atoms with Gasteiger partial charge in [-0.2, -0.15) is 0 Å². The molecular formula is C13H18ClN3O. The van der Waals surface area contributed by atoms with Gasteiger partial charge in [0.1, 0.15) is 5.82 Å². The minimum absolute atomic E-state index is 0.0593. The van der Waals surface area contributed by atoms with Gasteiger partial charge in [-0.3, -0.25) is 4.79 Å². The zero-order chi connectivity index (χ0) is 13.3. The summed E-state index contributed by atoms with van der Waals surface area (Å²) in [7, 11) is 0. The number of aromatic nitrogens is 1. The van der Waals surface area contributed by atoms with Gasteiger partial charge in [-0.05, 0) is 38.7 Å². The van der Waals surface area contributed by atoms with Crippen LogP contribution in [0.1, 0.15) is 37.0 Å². The molecule has 1 fully saturated rings. The quantitative estimate of drug-likeness (QED) is 0.912. The molecule has 4 nitrogen and oxygen atoms in total. The third kappa shape index (κ3) is 2.93. The lowest BCUT2D eigenvalue weighted by molar-refractivity contribution is 0.0696. The predicted molar refractivity (Wildman–Crippen MR) is 72.6 cm³/mol. The van der Waals surface area contributed by atoms with Crippen LogP contribution in [0.2, 0.25) is 5.02 Å². The number of anilines is 1. The first-order valence-electron chi connectivity index (χ1n) is 6.21. The third-order valence-corrected chi connectivity index (χ3v) is 3.44. The van der Waals surface area contributed by atoms with E-state index in [0.717, 1.165) is 6.54 Å². The van der Waals surface area contributed by atoms with E-state index in [1.165, 1.54) is 19.0 Å². The van der Waals surface area contributed by atoms with Crippen molar-refractivity contribution in [3.05, 3.63) is 22.8 Å². The lowest BCUT2D eigenvalue weighted by Crippen LogP contribution is -2.38. The number of nitrogens with zero attached hydrogens (tertiary/aromatic N) is 2. The van der Waals surface area contributed by atoms with Gasteiger partial charge >= 0.3 is 0 Å². The number of hydrogen-bond acceptors (Lipinski definition) is 3. The highest BCUT2D eigenvalue weighted by Gasteiger charge is 2.29. The normalized spacial score (nSPS) is 14.9. The number of pyridine rings is 1. The molecule has 2 rings (SSSR count). The predicted octanol–water partition coefficient (Wildman–Crippen LogP) is 2.58. The number of carbonyl (C=O) groups is 1. The van der Waals surface area contributed by atoms with E-state index in [-0.39, 0.29) is 11.9 Å². The summed E-state index contributed by atoms with van der Waals surface area (Å²) in [5, 5.41) is 0.357. The maximum absolute atomic E-state index is 12.5. The zero-order valence-corrected chi connectivity index (χ0v) is 11.4. The van der Waals surface area contributed by atoms with Crippen molar-refractivity contribution in [3.63, 3.8) is 0 Å². The maximum Gasteiger partial charge on any atom is 0.255 e. The van der Waals surface area contributed by atoms with Crippen LogP contribution >= 0.6 is 11.6 Å². The fourth-order valence-corrected chi connectivity index (χ4v) is 2.06. The summed E-state index contributed by atoms with van der Waals surface area (Å²) in [5.74, 6) is 0.906. The van der Waals surface area contributed by atoms with Crippen LogP contribution in [-0.2, 0) is 0 Å². The Bertz CT molecular complexity index is 458. The molecule has 0 aliphatic heterocycles. The number of hydrogen-bond donors (Lipinski definition) is 1. The molecule has 0 spiro atoms. The molecule has 98 valence electrons. The average Bonchev–Trinajstić information content (AvgIpc) is 3.12. The van der Waals surface area contributed by atoms with E-state index in [9.17, 15) is 4.79 Å². The molecule has 1 saturated carbocycles. The van der Waals surface area contributed by atoms with Crippen LogP contribution in [0.5, 0.6) is 0 Å². The second kappa shape index (κ2) is 5.14. The highest BCUT2D eigenvalue weighted by Crippen LogP contribution is 2.31. The van der Waals surface area contributed by atoms with E-state index in [1.54, 1.807) is 6.07 Å². The number of nitrogens with two attached hydrogens (primary N) is 1. The second-order valence-corrected chi connectivity index (χ2v) is 5.49. The van der Waals surface area contributed by atoms with Crippen LogP contribution in [0.4, 0.5) is 5.82 Å². The lowest BCUT2D eigenvalue weighted by atomic mass is 10.2. The smallest absolute Gasteiger partial charge is 0.255 e. The standard InChI is InChI=1S/C13H18ClN3O/c1-8(2)17(7-9-3-4-9)13(18)10-5-12(15)16-6-11(10)14/h5-6,8-9H,3-4,7H2,1-2H3,(H2,15,16). The van der Waals surface area contributed by atoms with Crippen LogP contribution in [0, 0.1) is 5.92 Å². The summed E-state index contributed by atoms with van der Waals surface area (Å²) in [6, 6.07) is 1.70. The van der Waals surface area contributed by atoms with Crippen molar-refractivity contribution in [2.45, 2.75) is 32.7 Å². The van der Waals surface area contributed by atoms with Crippen molar-refractivity contribution in [1.29, 1.82) is 0 Å². The number of halogens is 1. The molecular weight excluding hydrogens is 250 g/mol. The number of nitrogen functional groups attached to an aromatic ring is 1. The number of amides is 1. The van der Waals surface area contributed by atoms with Crippen molar-refractivity contribution in [1.82, 2.24) is 9.88 Å². The molecule has 0 atom stereocenters. The van der Waals surface area contributed by atoms with Crippen LogP contribution in [0.15, 0.2) is 12.3 Å². The number of rotatable bonds is 4. The Labute approximate surface area is 112 Å². The highest BCUT2D eigenvalue weighted by molar-refractivity contribution is 6.33. The van der Waals surface area contributed by atoms with E-state index in [2.05, 4.69) is 4.98 Å². The molecule has 0 saturated heterocycles. The first-order chi connectivity index (χ1) is 8.49. The fraction of sp³-hybridized carbons (Fsp3) is 0.538. The Kier molecular flexibility index (Phi) is 3.76. The van der Waals surface area contributed by atoms with Crippen molar-refractivity contribution < 1.29 is 4.79 Å². The van der Waals surface area contributed by atoms with Crippen molar-refractivity contribution >= 4 is 23.3 Å². The highest BCUT2D eigenvalue weighted by atomic mass is 35.5. The SMILES string of the molecule is CC(C)N(CC1CC1)C(=O)c1cc(N)ncc1Cl. The average molecular weight is 268 g/mol. The molecule has 1 aliphatic rings. The lowest BCUT2D eigenvalue weighted by Gasteiger charge is -2.27. The Balaban J connectivity index is 2.23. The molecule has 0 bridgehead atoms. The molecule has 1 aromatic heterocycles. The maximum atomic E-state index is 12.5. The van der Waals surface area contributed by atoms with Crippen LogP contribution in [0.25, 0.3) is 0 Å². The van der Waals surface area contributed by atoms with E-state index >= 15 is 0 Å².